The van der Waals surface area contributed by atoms with E-state index in [0.29, 0.717) is 19.3 Å². The zero-order chi connectivity index (χ0) is 15.8. The van der Waals surface area contributed by atoms with Crippen LogP contribution in [0.3, 0.4) is 0 Å². The summed E-state index contributed by atoms with van der Waals surface area (Å²) in [6, 6.07) is -0.594. The molecule has 2 atom stereocenters. The lowest BCUT2D eigenvalue weighted by Gasteiger charge is -2.14. The van der Waals surface area contributed by atoms with Crippen molar-refractivity contribution in [3.8, 4) is 0 Å². The number of allylic oxidation sites excluding steroid dienone is 2. The van der Waals surface area contributed by atoms with Gasteiger partial charge in [0.1, 0.15) is 6.10 Å². The van der Waals surface area contributed by atoms with E-state index in [4.69, 9.17) is 10.5 Å². The fourth-order valence-corrected chi connectivity index (χ4v) is 1.90. The van der Waals surface area contributed by atoms with Gasteiger partial charge in [0, 0.05) is 29.9 Å². The average molecular weight is 294 g/mol. The molecule has 1 aliphatic rings. The molecule has 0 spiro atoms. The van der Waals surface area contributed by atoms with E-state index < -0.39 is 24.0 Å². The van der Waals surface area contributed by atoms with Gasteiger partial charge in [0.25, 0.3) is 0 Å². The first-order valence-electron chi connectivity index (χ1n) is 6.57. The van der Waals surface area contributed by atoms with Gasteiger partial charge in [-0.25, -0.2) is 4.79 Å². The second-order valence-electron chi connectivity index (χ2n) is 4.74. The number of primary amides is 1. The Labute approximate surface area is 122 Å². The van der Waals surface area contributed by atoms with E-state index in [2.05, 4.69) is 0 Å². The molecule has 0 aromatic rings. The molecule has 1 unspecified atom stereocenters. The van der Waals surface area contributed by atoms with Crippen LogP contribution in [0.1, 0.15) is 26.2 Å². The number of rotatable bonds is 6. The fraction of sp³-hybridized carbons (Fsp3) is 0.429. The van der Waals surface area contributed by atoms with Gasteiger partial charge in [0.2, 0.25) is 11.9 Å². The Balaban J connectivity index is 2.49. The summed E-state index contributed by atoms with van der Waals surface area (Å²) in [7, 11) is 0. The van der Waals surface area contributed by atoms with Gasteiger partial charge in [0.05, 0.1) is 0 Å². The highest BCUT2D eigenvalue weighted by molar-refractivity contribution is 5.86. The van der Waals surface area contributed by atoms with Crippen LogP contribution in [0, 0.1) is 10.1 Å². The van der Waals surface area contributed by atoms with Crippen molar-refractivity contribution in [3.63, 3.8) is 0 Å². The third kappa shape index (κ3) is 6.51. The molecule has 114 valence electrons. The minimum Gasteiger partial charge on any atom is -0.455 e. The Hall–Kier alpha value is -2.44. The SMILES string of the molecule is C[C@H](/C=C\C(N)=O)OC(=O)/C=C/C1=CCCC([N+](=O)[O-])C1. The summed E-state index contributed by atoms with van der Waals surface area (Å²) in [6.45, 7) is 1.59. The third-order valence-corrected chi connectivity index (χ3v) is 2.94. The second-order valence-corrected chi connectivity index (χ2v) is 4.74. The Morgan fingerprint density at radius 3 is 2.86 bits per heavy atom. The quantitative estimate of drug-likeness (QED) is 0.343. The van der Waals surface area contributed by atoms with Gasteiger partial charge in [0.15, 0.2) is 0 Å². The zero-order valence-corrected chi connectivity index (χ0v) is 11.7. The Morgan fingerprint density at radius 1 is 1.52 bits per heavy atom. The van der Waals surface area contributed by atoms with Crippen molar-refractivity contribution >= 4 is 11.9 Å². The number of hydrogen-bond acceptors (Lipinski definition) is 5. The van der Waals surface area contributed by atoms with Crippen LogP contribution in [-0.4, -0.2) is 28.9 Å². The zero-order valence-electron chi connectivity index (χ0n) is 11.7. The van der Waals surface area contributed by atoms with E-state index in [1.54, 1.807) is 6.92 Å². The van der Waals surface area contributed by atoms with E-state index in [0.717, 1.165) is 11.6 Å². The van der Waals surface area contributed by atoms with Crippen LogP contribution in [0.2, 0.25) is 0 Å². The molecule has 0 saturated heterocycles. The van der Waals surface area contributed by atoms with Crippen LogP contribution in [-0.2, 0) is 14.3 Å². The lowest BCUT2D eigenvalue weighted by Crippen LogP contribution is -2.22. The van der Waals surface area contributed by atoms with Gasteiger partial charge in [-0.1, -0.05) is 12.2 Å². The number of nitrogens with zero attached hydrogens (tertiary/aromatic N) is 1. The molecule has 7 heteroatoms. The van der Waals surface area contributed by atoms with Gasteiger partial charge in [-0.2, -0.15) is 0 Å². The topological polar surface area (TPSA) is 113 Å². The Kier molecular flexibility index (Phi) is 6.32. The summed E-state index contributed by atoms with van der Waals surface area (Å²) in [5, 5.41) is 10.7. The van der Waals surface area contributed by atoms with Crippen molar-refractivity contribution in [3.05, 3.63) is 46.1 Å². The maximum atomic E-state index is 11.5. The highest BCUT2D eigenvalue weighted by Crippen LogP contribution is 2.21. The summed E-state index contributed by atoms with van der Waals surface area (Å²) >= 11 is 0. The molecule has 0 bridgehead atoms. The summed E-state index contributed by atoms with van der Waals surface area (Å²) in [5.74, 6) is -1.20. The van der Waals surface area contributed by atoms with Gasteiger partial charge < -0.3 is 10.5 Å². The molecule has 7 nitrogen and oxygen atoms in total. The predicted molar refractivity (Wildman–Crippen MR) is 75.7 cm³/mol. The number of nitrogens with two attached hydrogens (primary N) is 1. The first-order chi connectivity index (χ1) is 9.88. The van der Waals surface area contributed by atoms with Crippen LogP contribution in [0.25, 0.3) is 0 Å². The van der Waals surface area contributed by atoms with Crippen molar-refractivity contribution < 1.29 is 19.2 Å². The van der Waals surface area contributed by atoms with E-state index in [9.17, 15) is 19.7 Å². The Morgan fingerprint density at radius 2 is 2.24 bits per heavy atom. The van der Waals surface area contributed by atoms with Gasteiger partial charge >= 0.3 is 5.97 Å². The van der Waals surface area contributed by atoms with Crippen molar-refractivity contribution in [2.45, 2.75) is 38.3 Å². The fourth-order valence-electron chi connectivity index (χ4n) is 1.90. The minimum absolute atomic E-state index is 0.296. The van der Waals surface area contributed by atoms with Crippen molar-refractivity contribution in [2.75, 3.05) is 0 Å². The molecule has 0 aromatic heterocycles. The molecule has 2 N–H and O–H groups in total. The molecule has 0 heterocycles. The molecular weight excluding hydrogens is 276 g/mol. The van der Waals surface area contributed by atoms with E-state index in [-0.39, 0.29) is 4.92 Å². The number of esters is 1. The molecule has 0 aromatic carbocycles. The summed E-state index contributed by atoms with van der Waals surface area (Å²) in [5.41, 5.74) is 5.67. The van der Waals surface area contributed by atoms with Gasteiger partial charge in [-0.15, -0.1) is 0 Å². The van der Waals surface area contributed by atoms with Crippen LogP contribution in [0.4, 0.5) is 0 Å². The first-order valence-corrected chi connectivity index (χ1v) is 6.57. The minimum atomic E-state index is -0.619. The average Bonchev–Trinajstić information content (AvgIpc) is 2.43. The van der Waals surface area contributed by atoms with Gasteiger partial charge in [-0.05, 0) is 25.0 Å². The summed E-state index contributed by atoms with van der Waals surface area (Å²) in [6.07, 6.45) is 7.99. The van der Waals surface area contributed by atoms with Gasteiger partial charge in [-0.3, -0.25) is 14.9 Å². The number of ether oxygens (including phenoxy) is 1. The second kappa shape index (κ2) is 7.98. The lowest BCUT2D eigenvalue weighted by molar-refractivity contribution is -0.523. The normalized spacial score (nSPS) is 20.2. The molecule has 0 radical (unpaired) electrons. The molecule has 1 rings (SSSR count). The maximum Gasteiger partial charge on any atom is 0.331 e. The smallest absolute Gasteiger partial charge is 0.331 e. The largest absolute Gasteiger partial charge is 0.455 e. The van der Waals surface area contributed by atoms with E-state index in [1.807, 2.05) is 6.08 Å². The summed E-state index contributed by atoms with van der Waals surface area (Å²) in [4.78, 5) is 32.5. The van der Waals surface area contributed by atoms with Crippen molar-refractivity contribution in [1.29, 1.82) is 0 Å². The number of hydrogen-bond donors (Lipinski definition) is 1. The highest BCUT2D eigenvalue weighted by atomic mass is 16.6. The van der Waals surface area contributed by atoms with Crippen LogP contribution >= 0.6 is 0 Å². The Bertz CT molecular complexity index is 507. The number of nitro groups is 1. The molecule has 1 amide bonds. The monoisotopic (exact) mass is 294 g/mol. The lowest BCUT2D eigenvalue weighted by atomic mass is 9.95. The van der Waals surface area contributed by atoms with E-state index >= 15 is 0 Å². The van der Waals surface area contributed by atoms with Crippen LogP contribution in [0.5, 0.6) is 0 Å². The molecule has 0 saturated carbocycles. The van der Waals surface area contributed by atoms with Crippen molar-refractivity contribution in [1.82, 2.24) is 0 Å². The van der Waals surface area contributed by atoms with Crippen LogP contribution < -0.4 is 5.73 Å². The molecule has 0 aliphatic heterocycles. The predicted octanol–water partition coefficient (Wildman–Crippen LogP) is 1.27. The highest BCUT2D eigenvalue weighted by Gasteiger charge is 2.23. The third-order valence-electron chi connectivity index (χ3n) is 2.94. The standard InChI is InChI=1S/C14H18N2O5/c1-10(5-7-13(15)17)21-14(18)8-6-11-3-2-4-12(9-11)16(19)20/h3,5-8,10,12H,2,4,9H2,1H3,(H2,15,17)/b7-5-,8-6+/t10-,12?/m1/s1. The molecular formula is C14H18N2O5. The van der Waals surface area contributed by atoms with Crippen LogP contribution in [0.15, 0.2) is 36.0 Å². The maximum absolute atomic E-state index is 11.5. The summed E-state index contributed by atoms with van der Waals surface area (Å²) < 4.78 is 4.98. The molecule has 21 heavy (non-hydrogen) atoms. The molecule has 1 aliphatic carbocycles. The number of amides is 1. The van der Waals surface area contributed by atoms with Crippen molar-refractivity contribution in [2.24, 2.45) is 5.73 Å². The number of carbonyl (C=O) groups is 2. The van der Waals surface area contributed by atoms with E-state index in [1.165, 1.54) is 18.2 Å². The molecule has 0 fully saturated rings. The first kappa shape index (κ1) is 16.6. The number of carbonyl (C=O) groups excluding carboxylic acids is 2.